The largest absolute Gasteiger partial charge is 0.309 e. The van der Waals surface area contributed by atoms with Crippen LogP contribution in [0.25, 0.3) is 0 Å². The highest BCUT2D eigenvalue weighted by atomic mass is 15.2. The van der Waals surface area contributed by atoms with Gasteiger partial charge in [-0.1, -0.05) is 51.5 Å². The summed E-state index contributed by atoms with van der Waals surface area (Å²) in [6.45, 7) is 10.6. The fourth-order valence-corrected chi connectivity index (χ4v) is 4.13. The quantitative estimate of drug-likeness (QED) is 0.906. The minimum Gasteiger partial charge on any atom is -0.309 e. The molecular weight excluding hydrogens is 256 g/mol. The summed E-state index contributed by atoms with van der Waals surface area (Å²) in [6, 6.07) is 10.2. The van der Waals surface area contributed by atoms with Crippen molar-refractivity contribution in [3.63, 3.8) is 0 Å². The predicted molar refractivity (Wildman–Crippen MR) is 89.6 cm³/mol. The first-order valence-corrected chi connectivity index (χ1v) is 8.72. The van der Waals surface area contributed by atoms with Gasteiger partial charge in [0, 0.05) is 12.1 Å². The highest BCUT2D eigenvalue weighted by molar-refractivity contribution is 5.37. The second-order valence-electron chi connectivity index (χ2n) is 7.21. The van der Waals surface area contributed by atoms with Gasteiger partial charge in [-0.3, -0.25) is 4.90 Å². The zero-order valence-electron chi connectivity index (χ0n) is 13.9. The maximum Gasteiger partial charge on any atom is 0.0484 e. The number of fused-ring (bicyclic) bond motifs is 1. The molecule has 2 unspecified atom stereocenters. The lowest BCUT2D eigenvalue weighted by Gasteiger charge is -2.43. The highest BCUT2D eigenvalue weighted by Crippen LogP contribution is 2.39. The lowest BCUT2D eigenvalue weighted by Crippen LogP contribution is -2.48. The van der Waals surface area contributed by atoms with E-state index in [4.69, 9.17) is 0 Å². The third kappa shape index (κ3) is 2.89. The number of hydrogen-bond acceptors (Lipinski definition) is 2. The molecule has 0 saturated carbocycles. The average Bonchev–Trinajstić information content (AvgIpc) is 2.88. The van der Waals surface area contributed by atoms with Crippen molar-refractivity contribution in [1.29, 1.82) is 0 Å². The Bertz CT molecular complexity index is 474. The molecule has 0 aromatic heterocycles. The van der Waals surface area contributed by atoms with Crippen molar-refractivity contribution in [1.82, 2.24) is 10.2 Å². The number of piperidine rings is 1. The molecule has 0 bridgehead atoms. The molecule has 0 amide bonds. The van der Waals surface area contributed by atoms with Gasteiger partial charge in [-0.15, -0.1) is 0 Å². The van der Waals surface area contributed by atoms with Gasteiger partial charge in [0.2, 0.25) is 0 Å². The molecule has 0 spiro atoms. The molecule has 2 aliphatic rings. The highest BCUT2D eigenvalue weighted by Gasteiger charge is 2.38. The SMILES string of the molecule is CCNC1c2ccccc2CC1N1CCC(C)(CC)CC1. The topological polar surface area (TPSA) is 15.3 Å². The molecule has 3 rings (SSSR count). The van der Waals surface area contributed by atoms with Crippen molar-refractivity contribution in [2.75, 3.05) is 19.6 Å². The molecule has 2 nitrogen and oxygen atoms in total. The molecule has 1 aromatic carbocycles. The lowest BCUT2D eigenvalue weighted by molar-refractivity contribution is 0.0697. The molecule has 1 aliphatic heterocycles. The summed E-state index contributed by atoms with van der Waals surface area (Å²) < 4.78 is 0. The predicted octanol–water partition coefficient (Wildman–Crippen LogP) is 3.77. The van der Waals surface area contributed by atoms with Crippen LogP contribution in [0.3, 0.4) is 0 Å². The summed E-state index contributed by atoms with van der Waals surface area (Å²) in [4.78, 5) is 2.75. The van der Waals surface area contributed by atoms with Crippen LogP contribution in [-0.4, -0.2) is 30.6 Å². The first-order valence-electron chi connectivity index (χ1n) is 8.72. The Hall–Kier alpha value is -0.860. The Morgan fingerprint density at radius 2 is 1.90 bits per heavy atom. The number of nitrogens with one attached hydrogen (secondary N) is 1. The summed E-state index contributed by atoms with van der Waals surface area (Å²) in [5.41, 5.74) is 3.67. The van der Waals surface area contributed by atoms with Gasteiger partial charge >= 0.3 is 0 Å². The Labute approximate surface area is 129 Å². The van der Waals surface area contributed by atoms with Crippen molar-refractivity contribution in [2.24, 2.45) is 5.41 Å². The summed E-state index contributed by atoms with van der Waals surface area (Å²) in [7, 11) is 0. The number of rotatable bonds is 4. The first kappa shape index (κ1) is 15.1. The third-order valence-electron chi connectivity index (χ3n) is 5.96. The normalized spacial score (nSPS) is 28.5. The molecule has 116 valence electrons. The van der Waals surface area contributed by atoms with Crippen molar-refractivity contribution in [3.8, 4) is 0 Å². The summed E-state index contributed by atoms with van der Waals surface area (Å²) in [6.07, 6.45) is 5.25. The Morgan fingerprint density at radius 1 is 1.19 bits per heavy atom. The number of benzene rings is 1. The van der Waals surface area contributed by atoms with E-state index in [0.717, 1.165) is 6.54 Å². The molecule has 1 aliphatic carbocycles. The van der Waals surface area contributed by atoms with Gasteiger partial charge in [0.25, 0.3) is 0 Å². The maximum absolute atomic E-state index is 3.74. The minimum atomic E-state index is 0.525. The van der Waals surface area contributed by atoms with Crippen LogP contribution < -0.4 is 5.32 Å². The zero-order chi connectivity index (χ0) is 14.9. The van der Waals surface area contributed by atoms with Gasteiger partial charge in [0.15, 0.2) is 0 Å². The molecule has 21 heavy (non-hydrogen) atoms. The van der Waals surface area contributed by atoms with Gasteiger partial charge in [-0.2, -0.15) is 0 Å². The third-order valence-corrected chi connectivity index (χ3v) is 5.96. The van der Waals surface area contributed by atoms with Crippen molar-refractivity contribution < 1.29 is 0 Å². The number of hydrogen-bond donors (Lipinski definition) is 1. The molecule has 0 radical (unpaired) electrons. The second-order valence-corrected chi connectivity index (χ2v) is 7.21. The number of nitrogens with zero attached hydrogens (tertiary/aromatic N) is 1. The molecule has 1 fully saturated rings. The van der Waals surface area contributed by atoms with E-state index in [9.17, 15) is 0 Å². The first-order chi connectivity index (χ1) is 10.2. The molecule has 2 heteroatoms. The monoisotopic (exact) mass is 286 g/mol. The van der Waals surface area contributed by atoms with E-state index in [1.807, 2.05) is 0 Å². The second kappa shape index (κ2) is 6.10. The van der Waals surface area contributed by atoms with Crippen LogP contribution in [0.4, 0.5) is 0 Å². The van der Waals surface area contributed by atoms with E-state index in [0.29, 0.717) is 17.5 Å². The summed E-state index contributed by atoms with van der Waals surface area (Å²) in [5, 5.41) is 3.74. The number of likely N-dealkylation sites (tertiary alicyclic amines) is 1. The van der Waals surface area contributed by atoms with Crippen molar-refractivity contribution in [3.05, 3.63) is 35.4 Å². The van der Waals surface area contributed by atoms with Gasteiger partial charge < -0.3 is 5.32 Å². The van der Waals surface area contributed by atoms with Gasteiger partial charge in [-0.25, -0.2) is 0 Å². The van der Waals surface area contributed by atoms with E-state index in [-0.39, 0.29) is 0 Å². The van der Waals surface area contributed by atoms with Crippen molar-refractivity contribution in [2.45, 2.75) is 58.5 Å². The fraction of sp³-hybridized carbons (Fsp3) is 0.684. The Kier molecular flexibility index (Phi) is 4.37. The van der Waals surface area contributed by atoms with Gasteiger partial charge in [-0.05, 0) is 55.4 Å². The lowest BCUT2D eigenvalue weighted by atomic mass is 9.78. The summed E-state index contributed by atoms with van der Waals surface area (Å²) in [5.74, 6) is 0. The van der Waals surface area contributed by atoms with Crippen LogP contribution in [-0.2, 0) is 6.42 Å². The van der Waals surface area contributed by atoms with E-state index in [2.05, 4.69) is 55.3 Å². The van der Waals surface area contributed by atoms with E-state index >= 15 is 0 Å². The van der Waals surface area contributed by atoms with Crippen LogP contribution in [0.1, 0.15) is 57.2 Å². The molecule has 1 N–H and O–H groups in total. The number of likely N-dealkylation sites (N-methyl/N-ethyl adjacent to an activating group) is 1. The van der Waals surface area contributed by atoms with Crippen LogP contribution in [0, 0.1) is 5.41 Å². The van der Waals surface area contributed by atoms with Gasteiger partial charge in [0.05, 0.1) is 0 Å². The van der Waals surface area contributed by atoms with Crippen LogP contribution >= 0.6 is 0 Å². The Balaban J connectivity index is 1.74. The molecular formula is C19H30N2. The summed E-state index contributed by atoms with van der Waals surface area (Å²) >= 11 is 0. The van der Waals surface area contributed by atoms with Crippen molar-refractivity contribution >= 4 is 0 Å². The Morgan fingerprint density at radius 3 is 2.57 bits per heavy atom. The van der Waals surface area contributed by atoms with Crippen LogP contribution in [0.15, 0.2) is 24.3 Å². The minimum absolute atomic E-state index is 0.525. The van der Waals surface area contributed by atoms with Crippen LogP contribution in [0.2, 0.25) is 0 Å². The zero-order valence-corrected chi connectivity index (χ0v) is 13.9. The smallest absolute Gasteiger partial charge is 0.0484 e. The molecule has 1 saturated heterocycles. The molecule has 2 atom stereocenters. The van der Waals surface area contributed by atoms with E-state index in [1.165, 1.54) is 44.3 Å². The molecule has 1 aromatic rings. The maximum atomic E-state index is 3.74. The van der Waals surface area contributed by atoms with E-state index < -0.39 is 0 Å². The standard InChI is InChI=1S/C19H30N2/c1-4-19(3)10-12-21(13-11-19)17-14-15-8-6-7-9-16(15)18(17)20-5-2/h6-9,17-18,20H,4-5,10-14H2,1-3H3. The fourth-order valence-electron chi connectivity index (χ4n) is 4.13. The average molecular weight is 286 g/mol. The van der Waals surface area contributed by atoms with Crippen LogP contribution in [0.5, 0.6) is 0 Å². The molecule has 1 heterocycles. The van der Waals surface area contributed by atoms with E-state index in [1.54, 1.807) is 5.56 Å². The van der Waals surface area contributed by atoms with Gasteiger partial charge in [0.1, 0.15) is 0 Å².